The van der Waals surface area contributed by atoms with Gasteiger partial charge in [0.1, 0.15) is 6.04 Å². The number of hydrogen-bond donors (Lipinski definition) is 1. The molecule has 2 atom stereocenters. The lowest BCUT2D eigenvalue weighted by atomic mass is 10.00. The Morgan fingerprint density at radius 1 is 1.04 bits per heavy atom. The maximum absolute atomic E-state index is 12.7. The van der Waals surface area contributed by atoms with Crippen LogP contribution < -0.4 is 9.62 Å². The highest BCUT2D eigenvalue weighted by molar-refractivity contribution is 7.92. The number of amides is 1. The molecule has 0 aliphatic heterocycles. The van der Waals surface area contributed by atoms with Crippen molar-refractivity contribution in [1.82, 2.24) is 5.32 Å². The summed E-state index contributed by atoms with van der Waals surface area (Å²) < 4.78 is 25.7. The SMILES string of the molecule is Cc1ccc([C@H](C)NC(=O)[C@H](C)N(c2ccccc2)S(C)(=O)=O)c(C)c1. The lowest BCUT2D eigenvalue weighted by Crippen LogP contribution is -2.48. The number of hydrogen-bond acceptors (Lipinski definition) is 3. The maximum Gasteiger partial charge on any atom is 0.244 e. The number of nitrogens with zero attached hydrogens (tertiary/aromatic N) is 1. The third-order valence-corrected chi connectivity index (χ3v) is 5.59. The molecule has 0 heterocycles. The molecule has 0 fully saturated rings. The van der Waals surface area contributed by atoms with Gasteiger partial charge in [-0.1, -0.05) is 42.0 Å². The van der Waals surface area contributed by atoms with Crippen LogP contribution in [0.2, 0.25) is 0 Å². The van der Waals surface area contributed by atoms with Crippen LogP contribution in [0.5, 0.6) is 0 Å². The number of sulfonamides is 1. The Kier molecular flexibility index (Phi) is 6.08. The maximum atomic E-state index is 12.7. The highest BCUT2D eigenvalue weighted by Gasteiger charge is 2.29. The molecule has 2 aromatic carbocycles. The van der Waals surface area contributed by atoms with Gasteiger partial charge >= 0.3 is 0 Å². The first kappa shape index (κ1) is 20.0. The Balaban J connectivity index is 2.24. The molecule has 26 heavy (non-hydrogen) atoms. The van der Waals surface area contributed by atoms with E-state index in [0.29, 0.717) is 5.69 Å². The van der Waals surface area contributed by atoms with E-state index in [1.165, 1.54) is 0 Å². The van der Waals surface area contributed by atoms with Crippen molar-refractivity contribution in [3.63, 3.8) is 0 Å². The van der Waals surface area contributed by atoms with Gasteiger partial charge in [-0.15, -0.1) is 0 Å². The molecular weight excluding hydrogens is 348 g/mol. The van der Waals surface area contributed by atoms with Gasteiger partial charge in [-0.3, -0.25) is 9.10 Å². The van der Waals surface area contributed by atoms with Crippen molar-refractivity contribution in [3.8, 4) is 0 Å². The normalized spacial score (nSPS) is 13.7. The zero-order chi connectivity index (χ0) is 19.5. The van der Waals surface area contributed by atoms with E-state index in [1.807, 2.05) is 32.9 Å². The minimum Gasteiger partial charge on any atom is -0.348 e. The van der Waals surface area contributed by atoms with Gasteiger partial charge in [0.25, 0.3) is 0 Å². The van der Waals surface area contributed by atoms with Gasteiger partial charge in [-0.05, 0) is 51.0 Å². The molecule has 0 saturated heterocycles. The third kappa shape index (κ3) is 4.64. The first-order valence-electron chi connectivity index (χ1n) is 8.53. The summed E-state index contributed by atoms with van der Waals surface area (Å²) in [4.78, 5) is 12.7. The zero-order valence-electron chi connectivity index (χ0n) is 15.9. The van der Waals surface area contributed by atoms with E-state index in [9.17, 15) is 13.2 Å². The van der Waals surface area contributed by atoms with Crippen molar-refractivity contribution in [1.29, 1.82) is 0 Å². The van der Waals surface area contributed by atoms with E-state index in [2.05, 4.69) is 11.4 Å². The molecule has 1 N–H and O–H groups in total. The second kappa shape index (κ2) is 7.91. The van der Waals surface area contributed by atoms with Gasteiger partial charge in [0.2, 0.25) is 15.9 Å². The molecule has 0 spiro atoms. The molecule has 0 aliphatic carbocycles. The van der Waals surface area contributed by atoms with E-state index in [0.717, 1.165) is 27.3 Å². The first-order chi connectivity index (χ1) is 12.1. The fourth-order valence-electron chi connectivity index (χ4n) is 3.11. The van der Waals surface area contributed by atoms with Gasteiger partial charge in [0, 0.05) is 0 Å². The first-order valence-corrected chi connectivity index (χ1v) is 10.4. The van der Waals surface area contributed by atoms with Crippen LogP contribution in [0.25, 0.3) is 0 Å². The smallest absolute Gasteiger partial charge is 0.244 e. The minimum atomic E-state index is -3.60. The number of carbonyl (C=O) groups excluding carboxylic acids is 1. The number of aryl methyl sites for hydroxylation is 2. The Morgan fingerprint density at radius 2 is 1.65 bits per heavy atom. The molecular formula is C20H26N2O3S. The third-order valence-electron chi connectivity index (χ3n) is 4.35. The van der Waals surface area contributed by atoms with Crippen LogP contribution in [0.3, 0.4) is 0 Å². The summed E-state index contributed by atoms with van der Waals surface area (Å²) in [5.74, 6) is -0.341. The lowest BCUT2D eigenvalue weighted by molar-refractivity contribution is -0.122. The van der Waals surface area contributed by atoms with Crippen molar-refractivity contribution in [2.45, 2.75) is 39.8 Å². The monoisotopic (exact) mass is 374 g/mol. The summed E-state index contributed by atoms with van der Waals surface area (Å²) in [6.45, 7) is 7.51. The molecule has 140 valence electrons. The fourth-order valence-corrected chi connectivity index (χ4v) is 4.28. The Labute approximate surface area is 156 Å². The van der Waals surface area contributed by atoms with E-state index >= 15 is 0 Å². The second-order valence-electron chi connectivity index (χ2n) is 6.66. The number of rotatable bonds is 6. The predicted octanol–water partition coefficient (Wildman–Crippen LogP) is 3.34. The van der Waals surface area contributed by atoms with Crippen molar-refractivity contribution >= 4 is 21.6 Å². The lowest BCUT2D eigenvalue weighted by Gasteiger charge is -2.29. The summed E-state index contributed by atoms with van der Waals surface area (Å²) in [5, 5.41) is 2.93. The highest BCUT2D eigenvalue weighted by atomic mass is 32.2. The van der Waals surface area contributed by atoms with E-state index in [4.69, 9.17) is 0 Å². The summed E-state index contributed by atoms with van der Waals surface area (Å²) in [7, 11) is -3.60. The van der Waals surface area contributed by atoms with Gasteiger partial charge in [0.15, 0.2) is 0 Å². The van der Waals surface area contributed by atoms with Gasteiger partial charge in [-0.2, -0.15) is 0 Å². The quantitative estimate of drug-likeness (QED) is 0.843. The average molecular weight is 375 g/mol. The molecule has 6 heteroatoms. The zero-order valence-corrected chi connectivity index (χ0v) is 16.7. The number of benzene rings is 2. The van der Waals surface area contributed by atoms with E-state index in [-0.39, 0.29) is 11.9 Å². The Bertz CT molecular complexity index is 879. The summed E-state index contributed by atoms with van der Waals surface area (Å²) in [6, 6.07) is 13.6. The number of anilines is 1. The summed E-state index contributed by atoms with van der Waals surface area (Å²) >= 11 is 0. The molecule has 0 radical (unpaired) electrons. The Hall–Kier alpha value is -2.34. The summed E-state index contributed by atoms with van der Waals surface area (Å²) in [6.07, 6.45) is 1.11. The number of nitrogens with one attached hydrogen (secondary N) is 1. The van der Waals surface area contributed by atoms with E-state index in [1.54, 1.807) is 37.3 Å². The topological polar surface area (TPSA) is 66.5 Å². The van der Waals surface area contributed by atoms with Crippen LogP contribution in [0, 0.1) is 13.8 Å². The molecule has 0 aliphatic rings. The standard InChI is InChI=1S/C20H26N2O3S/c1-14-11-12-19(15(2)13-14)16(3)21-20(23)17(4)22(26(5,24)25)18-9-7-6-8-10-18/h6-13,16-17H,1-5H3,(H,21,23)/t16-,17-/m0/s1. The molecule has 0 saturated carbocycles. The van der Waals surface area contributed by atoms with Crippen LogP contribution in [0.15, 0.2) is 48.5 Å². The second-order valence-corrected chi connectivity index (χ2v) is 8.52. The van der Waals surface area contributed by atoms with Crippen molar-refractivity contribution < 1.29 is 13.2 Å². The molecule has 0 aromatic heterocycles. The summed E-state index contributed by atoms with van der Waals surface area (Å²) in [5.41, 5.74) is 3.73. The van der Waals surface area contributed by atoms with Gasteiger partial charge in [-0.25, -0.2) is 8.42 Å². The predicted molar refractivity (Wildman–Crippen MR) is 106 cm³/mol. The van der Waals surface area contributed by atoms with Crippen molar-refractivity contribution in [2.75, 3.05) is 10.6 Å². The molecule has 1 amide bonds. The number of carbonyl (C=O) groups is 1. The van der Waals surface area contributed by atoms with Crippen LogP contribution in [0.4, 0.5) is 5.69 Å². The van der Waals surface area contributed by atoms with Crippen LogP contribution in [-0.4, -0.2) is 26.6 Å². The minimum absolute atomic E-state index is 0.220. The number of para-hydroxylation sites is 1. The van der Waals surface area contributed by atoms with Crippen molar-refractivity contribution in [3.05, 3.63) is 65.2 Å². The molecule has 2 aromatic rings. The van der Waals surface area contributed by atoms with Crippen LogP contribution >= 0.6 is 0 Å². The van der Waals surface area contributed by atoms with Crippen LogP contribution in [-0.2, 0) is 14.8 Å². The largest absolute Gasteiger partial charge is 0.348 e. The van der Waals surface area contributed by atoms with Crippen LogP contribution in [0.1, 0.15) is 36.6 Å². The Morgan fingerprint density at radius 3 is 2.19 bits per heavy atom. The fraction of sp³-hybridized carbons (Fsp3) is 0.350. The van der Waals surface area contributed by atoms with E-state index < -0.39 is 16.1 Å². The van der Waals surface area contributed by atoms with Gasteiger partial charge < -0.3 is 5.32 Å². The van der Waals surface area contributed by atoms with Crippen molar-refractivity contribution in [2.24, 2.45) is 0 Å². The highest BCUT2D eigenvalue weighted by Crippen LogP contribution is 2.22. The molecule has 0 bridgehead atoms. The molecule has 2 rings (SSSR count). The average Bonchev–Trinajstić information content (AvgIpc) is 2.54. The molecule has 0 unspecified atom stereocenters. The van der Waals surface area contributed by atoms with Gasteiger partial charge in [0.05, 0.1) is 18.0 Å². The molecule has 5 nitrogen and oxygen atoms in total.